The van der Waals surface area contributed by atoms with Crippen LogP contribution >= 0.6 is 0 Å². The third-order valence-corrected chi connectivity index (χ3v) is 3.84. The Morgan fingerprint density at radius 3 is 2.83 bits per heavy atom. The van der Waals surface area contributed by atoms with Gasteiger partial charge < -0.3 is 14.6 Å². The molecule has 1 unspecified atom stereocenters. The summed E-state index contributed by atoms with van der Waals surface area (Å²) in [7, 11) is 0. The number of nitrogens with zero attached hydrogens (tertiary/aromatic N) is 1. The van der Waals surface area contributed by atoms with Crippen molar-refractivity contribution in [3.8, 4) is 0 Å². The predicted molar refractivity (Wildman–Crippen MR) is 74.7 cm³/mol. The fraction of sp³-hybridized carbons (Fsp3) is 0.733. The molecule has 102 valence electrons. The first-order valence-corrected chi connectivity index (χ1v) is 7.30. The van der Waals surface area contributed by atoms with E-state index in [1.807, 2.05) is 0 Å². The molecule has 3 nitrogen and oxygen atoms in total. The molecule has 1 fully saturated rings. The van der Waals surface area contributed by atoms with Gasteiger partial charge in [-0.25, -0.2) is 0 Å². The van der Waals surface area contributed by atoms with Crippen LogP contribution in [-0.2, 0) is 11.3 Å². The lowest BCUT2D eigenvalue weighted by Gasteiger charge is -2.22. The molecule has 0 aliphatic carbocycles. The van der Waals surface area contributed by atoms with Gasteiger partial charge in [0.25, 0.3) is 0 Å². The van der Waals surface area contributed by atoms with Crippen molar-refractivity contribution in [1.82, 2.24) is 9.88 Å². The van der Waals surface area contributed by atoms with Gasteiger partial charge in [0.05, 0.1) is 0 Å². The summed E-state index contributed by atoms with van der Waals surface area (Å²) in [6.07, 6.45) is 8.10. The minimum Gasteiger partial charge on any atom is -0.381 e. The molecule has 0 bridgehead atoms. The van der Waals surface area contributed by atoms with E-state index in [2.05, 4.69) is 42.2 Å². The van der Waals surface area contributed by atoms with Gasteiger partial charge in [-0.3, -0.25) is 0 Å². The Bertz CT molecular complexity index is 342. The smallest absolute Gasteiger partial charge is 0.0469 e. The highest BCUT2D eigenvalue weighted by Gasteiger charge is 2.15. The van der Waals surface area contributed by atoms with Crippen LogP contribution in [0, 0.1) is 5.92 Å². The second-order valence-electron chi connectivity index (χ2n) is 5.22. The zero-order valence-electron chi connectivity index (χ0n) is 11.7. The molecule has 2 heterocycles. The summed E-state index contributed by atoms with van der Waals surface area (Å²) in [6, 6.07) is 2.77. The van der Waals surface area contributed by atoms with Crippen LogP contribution in [0.1, 0.15) is 44.7 Å². The summed E-state index contributed by atoms with van der Waals surface area (Å²) < 4.78 is 7.76. The minimum atomic E-state index is 0.505. The van der Waals surface area contributed by atoms with Crippen LogP contribution in [-0.4, -0.2) is 24.3 Å². The third-order valence-electron chi connectivity index (χ3n) is 3.84. The van der Waals surface area contributed by atoms with Gasteiger partial charge in [0.1, 0.15) is 0 Å². The SMILES string of the molecule is CCNC(CC)c1ccn(CC2CCOCC2)c1. The fourth-order valence-corrected chi connectivity index (χ4v) is 2.75. The minimum absolute atomic E-state index is 0.505. The van der Waals surface area contributed by atoms with Gasteiger partial charge >= 0.3 is 0 Å². The number of ether oxygens (including phenoxy) is 1. The van der Waals surface area contributed by atoms with E-state index in [9.17, 15) is 0 Å². The van der Waals surface area contributed by atoms with Crippen molar-refractivity contribution in [1.29, 1.82) is 0 Å². The topological polar surface area (TPSA) is 26.2 Å². The van der Waals surface area contributed by atoms with Crippen molar-refractivity contribution in [2.45, 2.75) is 45.7 Å². The van der Waals surface area contributed by atoms with Crippen molar-refractivity contribution in [3.63, 3.8) is 0 Å². The second kappa shape index (κ2) is 6.95. The molecule has 0 saturated carbocycles. The Hall–Kier alpha value is -0.800. The summed E-state index contributed by atoms with van der Waals surface area (Å²) in [5.41, 5.74) is 1.42. The molecule has 3 heteroatoms. The molecule has 0 radical (unpaired) electrons. The molecule has 0 aromatic carbocycles. The van der Waals surface area contributed by atoms with Gasteiger partial charge in [-0.05, 0) is 43.4 Å². The Balaban J connectivity index is 1.92. The van der Waals surface area contributed by atoms with E-state index in [-0.39, 0.29) is 0 Å². The normalized spacial score (nSPS) is 19.0. The summed E-state index contributed by atoms with van der Waals surface area (Å²) in [5, 5.41) is 3.53. The van der Waals surface area contributed by atoms with Gasteiger partial charge in [-0.2, -0.15) is 0 Å². The summed E-state index contributed by atoms with van der Waals surface area (Å²) in [4.78, 5) is 0. The first kappa shape index (κ1) is 13.6. The zero-order chi connectivity index (χ0) is 12.8. The van der Waals surface area contributed by atoms with Crippen LogP contribution < -0.4 is 5.32 Å². The Labute approximate surface area is 111 Å². The molecule has 0 spiro atoms. The monoisotopic (exact) mass is 250 g/mol. The van der Waals surface area contributed by atoms with Gasteiger partial charge in [0, 0.05) is 38.2 Å². The lowest BCUT2D eigenvalue weighted by molar-refractivity contribution is 0.0613. The number of nitrogens with one attached hydrogen (secondary N) is 1. The maximum atomic E-state index is 5.41. The van der Waals surface area contributed by atoms with Crippen LogP contribution in [0.2, 0.25) is 0 Å². The first-order chi connectivity index (χ1) is 8.83. The molecule has 1 atom stereocenters. The fourth-order valence-electron chi connectivity index (χ4n) is 2.75. The van der Waals surface area contributed by atoms with E-state index in [4.69, 9.17) is 4.74 Å². The molecule has 1 aromatic rings. The quantitative estimate of drug-likeness (QED) is 0.840. The molecule has 1 aromatic heterocycles. The van der Waals surface area contributed by atoms with Crippen molar-refractivity contribution in [2.24, 2.45) is 5.92 Å². The zero-order valence-corrected chi connectivity index (χ0v) is 11.7. The Morgan fingerprint density at radius 2 is 2.17 bits per heavy atom. The maximum absolute atomic E-state index is 5.41. The predicted octanol–water partition coefficient (Wildman–Crippen LogP) is 2.98. The number of aromatic nitrogens is 1. The Kier molecular flexibility index (Phi) is 5.26. The third kappa shape index (κ3) is 3.59. The molecule has 1 N–H and O–H groups in total. The van der Waals surface area contributed by atoms with Gasteiger partial charge in [-0.1, -0.05) is 13.8 Å². The van der Waals surface area contributed by atoms with Crippen molar-refractivity contribution in [2.75, 3.05) is 19.8 Å². The van der Waals surface area contributed by atoms with E-state index in [1.165, 1.54) is 18.4 Å². The van der Waals surface area contributed by atoms with Gasteiger partial charge in [0.2, 0.25) is 0 Å². The molecule has 0 amide bonds. The van der Waals surface area contributed by atoms with E-state index < -0.39 is 0 Å². The number of hydrogen-bond acceptors (Lipinski definition) is 2. The van der Waals surface area contributed by atoms with Crippen LogP contribution in [0.25, 0.3) is 0 Å². The average molecular weight is 250 g/mol. The van der Waals surface area contributed by atoms with Gasteiger partial charge in [-0.15, -0.1) is 0 Å². The highest BCUT2D eigenvalue weighted by atomic mass is 16.5. The molecule has 1 saturated heterocycles. The number of hydrogen-bond donors (Lipinski definition) is 1. The molecule has 18 heavy (non-hydrogen) atoms. The lowest BCUT2D eigenvalue weighted by Crippen LogP contribution is -2.20. The molecular weight excluding hydrogens is 224 g/mol. The lowest BCUT2D eigenvalue weighted by atomic mass is 10.0. The van der Waals surface area contributed by atoms with Gasteiger partial charge in [0.15, 0.2) is 0 Å². The summed E-state index contributed by atoms with van der Waals surface area (Å²) in [5.74, 6) is 0.790. The van der Waals surface area contributed by atoms with Crippen molar-refractivity contribution >= 4 is 0 Å². The largest absolute Gasteiger partial charge is 0.381 e. The Morgan fingerprint density at radius 1 is 1.39 bits per heavy atom. The standard InChI is InChI=1S/C15H26N2O/c1-3-15(16-4-2)14-5-8-17(12-14)11-13-6-9-18-10-7-13/h5,8,12-13,15-16H,3-4,6-7,9-11H2,1-2H3. The van der Waals surface area contributed by atoms with Crippen LogP contribution in [0.15, 0.2) is 18.5 Å². The second-order valence-corrected chi connectivity index (χ2v) is 5.22. The molecule has 2 rings (SSSR count). The highest BCUT2D eigenvalue weighted by molar-refractivity contribution is 5.15. The highest BCUT2D eigenvalue weighted by Crippen LogP contribution is 2.20. The van der Waals surface area contributed by atoms with Crippen molar-refractivity contribution in [3.05, 3.63) is 24.0 Å². The van der Waals surface area contributed by atoms with E-state index in [0.717, 1.165) is 38.6 Å². The van der Waals surface area contributed by atoms with Crippen LogP contribution in [0.4, 0.5) is 0 Å². The van der Waals surface area contributed by atoms with Crippen LogP contribution in [0.3, 0.4) is 0 Å². The van der Waals surface area contributed by atoms with E-state index in [0.29, 0.717) is 6.04 Å². The average Bonchev–Trinajstić information content (AvgIpc) is 2.85. The van der Waals surface area contributed by atoms with E-state index >= 15 is 0 Å². The maximum Gasteiger partial charge on any atom is 0.0469 e. The number of rotatable bonds is 6. The summed E-state index contributed by atoms with van der Waals surface area (Å²) in [6.45, 7) is 8.46. The van der Waals surface area contributed by atoms with Crippen LogP contribution in [0.5, 0.6) is 0 Å². The summed E-state index contributed by atoms with van der Waals surface area (Å²) >= 11 is 0. The van der Waals surface area contributed by atoms with E-state index in [1.54, 1.807) is 0 Å². The molecular formula is C15H26N2O. The van der Waals surface area contributed by atoms with Crippen molar-refractivity contribution < 1.29 is 4.74 Å². The molecule has 1 aliphatic heterocycles. The molecule has 1 aliphatic rings. The first-order valence-electron chi connectivity index (χ1n) is 7.30.